The molecule has 7 nitrogen and oxygen atoms in total. The summed E-state index contributed by atoms with van der Waals surface area (Å²) in [6.45, 7) is 3.86. The Morgan fingerprint density at radius 3 is 2.87 bits per heavy atom. The zero-order valence-corrected chi connectivity index (χ0v) is 13.8. The lowest BCUT2D eigenvalue weighted by atomic mass is 10.0. The highest BCUT2D eigenvalue weighted by molar-refractivity contribution is 7.99. The van der Waals surface area contributed by atoms with Gasteiger partial charge < -0.3 is 20.6 Å². The van der Waals surface area contributed by atoms with Gasteiger partial charge in [0.2, 0.25) is 0 Å². The van der Waals surface area contributed by atoms with Gasteiger partial charge in [-0.05, 0) is 31.2 Å². The van der Waals surface area contributed by atoms with Crippen molar-refractivity contribution < 1.29 is 19.1 Å². The molecule has 2 N–H and O–H groups in total. The van der Waals surface area contributed by atoms with Gasteiger partial charge in [0, 0.05) is 23.6 Å². The van der Waals surface area contributed by atoms with Gasteiger partial charge in [-0.1, -0.05) is 6.92 Å². The van der Waals surface area contributed by atoms with Crippen molar-refractivity contribution in [1.29, 1.82) is 0 Å². The van der Waals surface area contributed by atoms with Gasteiger partial charge in [-0.3, -0.25) is 0 Å². The number of hydrogen-bond donors (Lipinski definition) is 2. The van der Waals surface area contributed by atoms with Crippen molar-refractivity contribution in [2.45, 2.75) is 31.3 Å². The molecular formula is C15H19N3O4S. The monoisotopic (exact) mass is 337 g/mol. The molecule has 1 aliphatic heterocycles. The lowest BCUT2D eigenvalue weighted by Crippen LogP contribution is -2.50. The molecule has 8 heteroatoms. The lowest BCUT2D eigenvalue weighted by Gasteiger charge is -2.28. The minimum absolute atomic E-state index is 0.256. The molecule has 1 aromatic heterocycles. The molecule has 0 aromatic carbocycles. The van der Waals surface area contributed by atoms with Gasteiger partial charge in [0.1, 0.15) is 0 Å². The van der Waals surface area contributed by atoms with Crippen molar-refractivity contribution in [1.82, 2.24) is 10.6 Å². The number of aromatic nitrogens is 1. The van der Waals surface area contributed by atoms with Gasteiger partial charge in [0.05, 0.1) is 18.2 Å². The van der Waals surface area contributed by atoms with Crippen molar-refractivity contribution in [3.05, 3.63) is 40.9 Å². The summed E-state index contributed by atoms with van der Waals surface area (Å²) >= 11 is 1.25. The molecule has 0 fully saturated rings. The van der Waals surface area contributed by atoms with Crippen LogP contribution in [0, 0.1) is 5.21 Å². The van der Waals surface area contributed by atoms with Crippen LogP contribution in [-0.4, -0.2) is 30.4 Å². The Kier molecular flexibility index (Phi) is 5.86. The number of esters is 1. The number of nitrogens with one attached hydrogen (secondary N) is 2. The molecule has 1 aromatic rings. The van der Waals surface area contributed by atoms with E-state index in [4.69, 9.17) is 4.74 Å². The number of amides is 2. The second kappa shape index (κ2) is 7.87. The minimum Gasteiger partial charge on any atom is -0.618 e. The molecule has 0 radical (unpaired) electrons. The largest absolute Gasteiger partial charge is 0.618 e. The van der Waals surface area contributed by atoms with Gasteiger partial charge >= 0.3 is 12.0 Å². The Morgan fingerprint density at radius 1 is 1.43 bits per heavy atom. The first-order valence-electron chi connectivity index (χ1n) is 7.35. The number of carbonyl (C=O) groups is 2. The topological polar surface area (TPSA) is 94.4 Å². The number of hydrogen-bond acceptors (Lipinski definition) is 5. The Morgan fingerprint density at radius 2 is 2.22 bits per heavy atom. The first-order valence-corrected chi connectivity index (χ1v) is 8.34. The summed E-state index contributed by atoms with van der Waals surface area (Å²) in [6.07, 6.45) is 1.97. The van der Waals surface area contributed by atoms with Gasteiger partial charge in [0.25, 0.3) is 5.03 Å². The van der Waals surface area contributed by atoms with Crippen molar-refractivity contribution >= 4 is 23.8 Å². The van der Waals surface area contributed by atoms with E-state index in [1.54, 1.807) is 25.1 Å². The fourth-order valence-corrected chi connectivity index (χ4v) is 3.13. The molecule has 2 amide bonds. The summed E-state index contributed by atoms with van der Waals surface area (Å²) in [7, 11) is 0. The standard InChI is InChI=1S/C15H19N3O4S/c1-3-10-13(14(19)22-4-2)11(17-15(20)16-10)9-23-12-7-5-6-8-18(12)21/h5-8,10H,3-4,9H2,1-2H3,(H2,16,17,20)/t10-/m1/s1. The molecule has 124 valence electrons. The summed E-state index contributed by atoms with van der Waals surface area (Å²) in [4.78, 5) is 24.0. The molecule has 0 saturated carbocycles. The fraction of sp³-hybridized carbons (Fsp3) is 0.400. The van der Waals surface area contributed by atoms with E-state index >= 15 is 0 Å². The summed E-state index contributed by atoms with van der Waals surface area (Å²) < 4.78 is 5.84. The number of urea groups is 1. The summed E-state index contributed by atoms with van der Waals surface area (Å²) in [5.41, 5.74) is 0.891. The number of ether oxygens (including phenoxy) is 1. The highest BCUT2D eigenvalue weighted by Gasteiger charge is 2.31. The highest BCUT2D eigenvalue weighted by Crippen LogP contribution is 2.22. The van der Waals surface area contributed by atoms with Crippen LogP contribution in [0.3, 0.4) is 0 Å². The van der Waals surface area contributed by atoms with Crippen molar-refractivity contribution in [2.75, 3.05) is 12.4 Å². The number of rotatable bonds is 6. The highest BCUT2D eigenvalue weighted by atomic mass is 32.2. The van der Waals surface area contributed by atoms with Crippen molar-refractivity contribution in [2.24, 2.45) is 0 Å². The van der Waals surface area contributed by atoms with E-state index < -0.39 is 12.0 Å². The van der Waals surface area contributed by atoms with E-state index in [9.17, 15) is 14.8 Å². The number of carbonyl (C=O) groups excluding carboxylic acids is 2. The SMILES string of the molecule is CCOC(=O)C1=C(CSc2cccc[n+]2[O-])NC(=O)N[C@@H]1CC. The Balaban J connectivity index is 2.26. The maximum Gasteiger partial charge on any atom is 0.337 e. The number of pyridine rings is 1. The van der Waals surface area contributed by atoms with Crippen molar-refractivity contribution in [3.63, 3.8) is 0 Å². The number of nitrogens with zero attached hydrogens (tertiary/aromatic N) is 1. The molecule has 0 saturated heterocycles. The van der Waals surface area contributed by atoms with E-state index in [1.807, 2.05) is 6.92 Å². The van der Waals surface area contributed by atoms with Gasteiger partial charge in [0.15, 0.2) is 6.20 Å². The van der Waals surface area contributed by atoms with E-state index in [2.05, 4.69) is 10.6 Å². The molecule has 1 aliphatic rings. The number of thioether (sulfide) groups is 1. The maximum absolute atomic E-state index is 12.2. The third-order valence-corrected chi connectivity index (χ3v) is 4.34. The summed E-state index contributed by atoms with van der Waals surface area (Å²) in [5, 5.41) is 17.5. The molecule has 0 spiro atoms. The first-order chi connectivity index (χ1) is 11.1. The van der Waals surface area contributed by atoms with Crippen LogP contribution in [0.25, 0.3) is 0 Å². The fourth-order valence-electron chi connectivity index (χ4n) is 2.25. The Bertz CT molecular complexity index is 633. The second-order valence-electron chi connectivity index (χ2n) is 4.83. The summed E-state index contributed by atoms with van der Waals surface area (Å²) in [6, 6.07) is 4.33. The minimum atomic E-state index is -0.453. The molecule has 0 aliphatic carbocycles. The normalized spacial score (nSPS) is 17.5. The lowest BCUT2D eigenvalue weighted by molar-refractivity contribution is -0.645. The predicted molar refractivity (Wildman–Crippen MR) is 85.5 cm³/mol. The Labute approximate surface area is 138 Å². The first kappa shape index (κ1) is 17.1. The van der Waals surface area contributed by atoms with Crippen LogP contribution in [0.5, 0.6) is 0 Å². The average molecular weight is 337 g/mol. The van der Waals surface area contributed by atoms with Crippen molar-refractivity contribution in [3.8, 4) is 0 Å². The van der Waals surface area contributed by atoms with Crippen LogP contribution in [-0.2, 0) is 9.53 Å². The summed E-state index contributed by atoms with van der Waals surface area (Å²) in [5.74, 6) is -0.157. The van der Waals surface area contributed by atoms with Crippen LogP contribution in [0.1, 0.15) is 20.3 Å². The third-order valence-electron chi connectivity index (χ3n) is 3.30. The van der Waals surface area contributed by atoms with E-state index in [-0.39, 0.29) is 12.6 Å². The van der Waals surface area contributed by atoms with Gasteiger partial charge in [-0.2, -0.15) is 4.73 Å². The van der Waals surface area contributed by atoms with Gasteiger partial charge in [-0.25, -0.2) is 9.59 Å². The molecule has 23 heavy (non-hydrogen) atoms. The van der Waals surface area contributed by atoms with Crippen LogP contribution in [0.4, 0.5) is 4.79 Å². The third kappa shape index (κ3) is 4.16. The predicted octanol–water partition coefficient (Wildman–Crippen LogP) is 1.32. The average Bonchev–Trinajstić information content (AvgIpc) is 2.53. The zero-order chi connectivity index (χ0) is 16.8. The van der Waals surface area contributed by atoms with Gasteiger partial charge in [-0.15, -0.1) is 0 Å². The smallest absolute Gasteiger partial charge is 0.337 e. The van der Waals surface area contributed by atoms with Crippen LogP contribution < -0.4 is 15.4 Å². The Hall–Kier alpha value is -2.22. The molecule has 2 heterocycles. The van der Waals surface area contributed by atoms with E-state index in [0.717, 1.165) is 4.73 Å². The van der Waals surface area contributed by atoms with Crippen LogP contribution in [0.2, 0.25) is 0 Å². The molecular weight excluding hydrogens is 318 g/mol. The molecule has 2 rings (SSSR count). The second-order valence-corrected chi connectivity index (χ2v) is 5.82. The van der Waals surface area contributed by atoms with Crippen LogP contribution >= 0.6 is 11.8 Å². The van der Waals surface area contributed by atoms with E-state index in [0.29, 0.717) is 28.5 Å². The molecule has 0 bridgehead atoms. The molecule has 0 unspecified atom stereocenters. The zero-order valence-electron chi connectivity index (χ0n) is 13.0. The quantitative estimate of drug-likeness (QED) is 0.353. The maximum atomic E-state index is 12.2. The van der Waals surface area contributed by atoms with E-state index in [1.165, 1.54) is 18.0 Å². The van der Waals surface area contributed by atoms with Crippen LogP contribution in [0.15, 0.2) is 40.7 Å². The molecule has 1 atom stereocenters.